The van der Waals surface area contributed by atoms with E-state index in [-0.39, 0.29) is 11.8 Å². The fraction of sp³-hybridized carbons (Fsp3) is 0.200. The highest BCUT2D eigenvalue weighted by atomic mass is 16.5. The number of ether oxygens (including phenoxy) is 1. The van der Waals surface area contributed by atoms with E-state index >= 15 is 0 Å². The molecule has 3 rings (SSSR count). The third-order valence-electron chi connectivity index (χ3n) is 3.99. The number of carbonyl (C=O) groups excluding carboxylic acids is 2. The van der Waals surface area contributed by atoms with Crippen LogP contribution in [0.5, 0.6) is 5.75 Å². The molecule has 4 heteroatoms. The molecule has 0 saturated carbocycles. The Morgan fingerprint density at radius 2 is 1.79 bits per heavy atom. The number of aromatic nitrogens is 1. The molecular formula is C20H19NO3. The Morgan fingerprint density at radius 3 is 2.54 bits per heavy atom. The number of H-pyrrole nitrogens is 1. The summed E-state index contributed by atoms with van der Waals surface area (Å²) in [5, 5.41) is 1.20. The van der Waals surface area contributed by atoms with Crippen molar-refractivity contribution in [1.29, 1.82) is 0 Å². The molecule has 2 aromatic carbocycles. The molecule has 0 aliphatic rings. The van der Waals surface area contributed by atoms with Crippen molar-refractivity contribution in [3.05, 3.63) is 65.9 Å². The van der Waals surface area contributed by atoms with Gasteiger partial charge >= 0.3 is 5.97 Å². The molecule has 0 atom stereocenters. The fourth-order valence-corrected chi connectivity index (χ4v) is 2.70. The average Bonchev–Trinajstić information content (AvgIpc) is 2.99. The number of para-hydroxylation sites is 1. The molecule has 1 heterocycles. The third kappa shape index (κ3) is 3.71. The summed E-state index contributed by atoms with van der Waals surface area (Å²) < 4.78 is 5.30. The van der Waals surface area contributed by atoms with Gasteiger partial charge in [-0.05, 0) is 55.7 Å². The van der Waals surface area contributed by atoms with Gasteiger partial charge in [-0.2, -0.15) is 0 Å². The number of hydrogen-bond acceptors (Lipinski definition) is 3. The van der Waals surface area contributed by atoms with Gasteiger partial charge in [0.15, 0.2) is 5.78 Å². The molecule has 122 valence electrons. The minimum absolute atomic E-state index is 0.00777. The summed E-state index contributed by atoms with van der Waals surface area (Å²) in [6.07, 6.45) is 3.90. The summed E-state index contributed by atoms with van der Waals surface area (Å²) in [5.41, 5.74) is 2.93. The molecule has 1 aromatic heterocycles. The number of aryl methyl sites for hydroxylation is 1. The lowest BCUT2D eigenvalue weighted by Crippen LogP contribution is -2.08. The molecule has 3 aromatic rings. The van der Waals surface area contributed by atoms with Gasteiger partial charge in [-0.25, -0.2) is 0 Å². The van der Waals surface area contributed by atoms with Crippen LogP contribution < -0.4 is 4.74 Å². The van der Waals surface area contributed by atoms with E-state index in [0.29, 0.717) is 17.7 Å². The second-order valence-electron chi connectivity index (χ2n) is 5.77. The van der Waals surface area contributed by atoms with Crippen molar-refractivity contribution in [1.82, 2.24) is 4.98 Å². The number of benzene rings is 2. The van der Waals surface area contributed by atoms with E-state index < -0.39 is 0 Å². The molecular weight excluding hydrogens is 302 g/mol. The van der Waals surface area contributed by atoms with Gasteiger partial charge in [0.25, 0.3) is 0 Å². The number of esters is 1. The maximum atomic E-state index is 11.9. The predicted octanol–water partition coefficient (Wildman–Crippen LogP) is 4.30. The number of fused-ring (bicyclic) bond motifs is 1. The van der Waals surface area contributed by atoms with Crippen LogP contribution in [0.4, 0.5) is 0 Å². The summed E-state index contributed by atoms with van der Waals surface area (Å²) in [6.45, 7) is 1.51. The minimum atomic E-state index is -0.259. The maximum Gasteiger partial charge on any atom is 0.311 e. The van der Waals surface area contributed by atoms with Crippen LogP contribution in [0.3, 0.4) is 0 Å². The van der Waals surface area contributed by atoms with Gasteiger partial charge in [-0.3, -0.25) is 9.59 Å². The molecule has 0 saturated heterocycles. The van der Waals surface area contributed by atoms with Crippen LogP contribution >= 0.6 is 0 Å². The Hall–Kier alpha value is -2.88. The van der Waals surface area contributed by atoms with E-state index in [9.17, 15) is 9.59 Å². The van der Waals surface area contributed by atoms with Crippen LogP contribution in [-0.4, -0.2) is 16.7 Å². The first-order chi connectivity index (χ1) is 11.6. The Bertz CT molecular complexity index is 862. The average molecular weight is 321 g/mol. The van der Waals surface area contributed by atoms with E-state index in [1.807, 2.05) is 24.4 Å². The van der Waals surface area contributed by atoms with Crippen LogP contribution in [0.2, 0.25) is 0 Å². The fourth-order valence-electron chi connectivity index (χ4n) is 2.70. The maximum absolute atomic E-state index is 11.9. The first kappa shape index (κ1) is 16.0. The Labute approximate surface area is 140 Å². The molecule has 0 bridgehead atoms. The van der Waals surface area contributed by atoms with E-state index in [1.165, 1.54) is 17.9 Å². The van der Waals surface area contributed by atoms with E-state index in [2.05, 4.69) is 11.1 Å². The van der Waals surface area contributed by atoms with Gasteiger partial charge in [0.2, 0.25) is 0 Å². The largest absolute Gasteiger partial charge is 0.427 e. The van der Waals surface area contributed by atoms with Gasteiger partial charge in [-0.15, -0.1) is 0 Å². The van der Waals surface area contributed by atoms with Crippen molar-refractivity contribution in [2.24, 2.45) is 0 Å². The lowest BCUT2D eigenvalue weighted by Gasteiger charge is -2.05. The Morgan fingerprint density at radius 1 is 1.04 bits per heavy atom. The van der Waals surface area contributed by atoms with Crippen molar-refractivity contribution >= 4 is 22.7 Å². The van der Waals surface area contributed by atoms with E-state index in [1.54, 1.807) is 24.3 Å². The molecule has 4 nitrogen and oxygen atoms in total. The zero-order valence-corrected chi connectivity index (χ0v) is 13.5. The van der Waals surface area contributed by atoms with E-state index in [4.69, 9.17) is 4.74 Å². The number of hydrogen-bond donors (Lipinski definition) is 1. The van der Waals surface area contributed by atoms with Gasteiger partial charge in [0, 0.05) is 29.1 Å². The Kier molecular flexibility index (Phi) is 4.75. The summed E-state index contributed by atoms with van der Waals surface area (Å²) in [5.74, 6) is 0.203. The zero-order chi connectivity index (χ0) is 16.9. The van der Waals surface area contributed by atoms with Gasteiger partial charge in [-0.1, -0.05) is 18.2 Å². The molecule has 0 unspecified atom stereocenters. The number of Topliss-reactive ketones (excluding diaryl/α,β-unsaturated/α-hetero) is 1. The molecule has 1 N–H and O–H groups in total. The van der Waals surface area contributed by atoms with Crippen molar-refractivity contribution in [3.63, 3.8) is 0 Å². The van der Waals surface area contributed by atoms with Gasteiger partial charge in [0.1, 0.15) is 5.75 Å². The SMILES string of the molecule is CC(=O)c1ccc(OC(=O)CCCc2c[nH]c3ccccc23)cc1. The second kappa shape index (κ2) is 7.13. The highest BCUT2D eigenvalue weighted by Crippen LogP contribution is 2.20. The van der Waals surface area contributed by atoms with Crippen molar-refractivity contribution in [2.75, 3.05) is 0 Å². The normalized spacial score (nSPS) is 10.7. The summed E-state index contributed by atoms with van der Waals surface area (Å²) >= 11 is 0. The smallest absolute Gasteiger partial charge is 0.311 e. The Balaban J connectivity index is 1.51. The summed E-state index contributed by atoms with van der Waals surface area (Å²) in [7, 11) is 0. The van der Waals surface area contributed by atoms with Crippen molar-refractivity contribution in [3.8, 4) is 5.75 Å². The quantitative estimate of drug-likeness (QED) is 0.418. The monoisotopic (exact) mass is 321 g/mol. The second-order valence-corrected chi connectivity index (χ2v) is 5.77. The molecule has 0 fully saturated rings. The molecule has 0 aliphatic carbocycles. The minimum Gasteiger partial charge on any atom is -0.427 e. The van der Waals surface area contributed by atoms with Crippen LogP contribution in [0.15, 0.2) is 54.7 Å². The number of rotatable bonds is 6. The number of carbonyl (C=O) groups is 2. The topological polar surface area (TPSA) is 59.2 Å². The van der Waals surface area contributed by atoms with Crippen molar-refractivity contribution in [2.45, 2.75) is 26.2 Å². The van der Waals surface area contributed by atoms with Crippen LogP contribution in [-0.2, 0) is 11.2 Å². The lowest BCUT2D eigenvalue weighted by molar-refractivity contribution is -0.134. The van der Waals surface area contributed by atoms with Gasteiger partial charge in [0.05, 0.1) is 0 Å². The number of aromatic amines is 1. The predicted molar refractivity (Wildman–Crippen MR) is 93.3 cm³/mol. The van der Waals surface area contributed by atoms with Crippen LogP contribution in [0.1, 0.15) is 35.7 Å². The first-order valence-corrected chi connectivity index (χ1v) is 8.00. The highest BCUT2D eigenvalue weighted by molar-refractivity contribution is 5.94. The van der Waals surface area contributed by atoms with Gasteiger partial charge < -0.3 is 9.72 Å². The zero-order valence-electron chi connectivity index (χ0n) is 13.5. The highest BCUT2D eigenvalue weighted by Gasteiger charge is 2.08. The standard InChI is InChI=1S/C20H19NO3/c1-14(22)15-9-11-17(12-10-15)24-20(23)8-4-5-16-13-21-19-7-3-2-6-18(16)19/h2-3,6-7,9-13,21H,4-5,8H2,1H3. The molecule has 24 heavy (non-hydrogen) atoms. The number of ketones is 1. The number of nitrogens with one attached hydrogen (secondary N) is 1. The molecule has 0 aliphatic heterocycles. The molecule has 0 amide bonds. The van der Waals surface area contributed by atoms with E-state index in [0.717, 1.165) is 18.4 Å². The lowest BCUT2D eigenvalue weighted by atomic mass is 10.1. The summed E-state index contributed by atoms with van der Waals surface area (Å²) in [6, 6.07) is 14.8. The summed E-state index contributed by atoms with van der Waals surface area (Å²) in [4.78, 5) is 26.4. The molecule has 0 radical (unpaired) electrons. The van der Waals surface area contributed by atoms with Crippen LogP contribution in [0, 0.1) is 0 Å². The van der Waals surface area contributed by atoms with Crippen LogP contribution in [0.25, 0.3) is 10.9 Å². The third-order valence-corrected chi connectivity index (χ3v) is 3.99. The van der Waals surface area contributed by atoms with Crippen molar-refractivity contribution < 1.29 is 14.3 Å². The first-order valence-electron chi connectivity index (χ1n) is 8.00. The molecule has 0 spiro atoms.